The van der Waals surface area contributed by atoms with Crippen molar-refractivity contribution in [3.63, 3.8) is 0 Å². The van der Waals surface area contributed by atoms with Gasteiger partial charge in [0.2, 0.25) is 11.8 Å². The smallest absolute Gasteiger partial charge is 0.292 e. The Balaban J connectivity index is 1.54. The number of benzene rings is 1. The van der Waals surface area contributed by atoms with Crippen molar-refractivity contribution in [2.24, 2.45) is 5.92 Å². The van der Waals surface area contributed by atoms with E-state index < -0.39 is 11.5 Å². The first kappa shape index (κ1) is 19.8. The molecule has 8 nitrogen and oxygen atoms in total. The standard InChI is InChI=1S/C19H19ClN4O4S/c1-28-14-5-4-12(6-13(14)20)22-16(25)9-24-19(27)18-15(7-21-24)29-10-17(26)23(18)8-11-2-3-11/h4-7,11H,2-3,8-10H2,1H3,(H,22,25). The van der Waals surface area contributed by atoms with E-state index >= 15 is 0 Å². The summed E-state index contributed by atoms with van der Waals surface area (Å²) in [6, 6.07) is 4.85. The van der Waals surface area contributed by atoms with Crippen LogP contribution in [0.2, 0.25) is 5.02 Å². The van der Waals surface area contributed by atoms with E-state index in [1.165, 1.54) is 18.9 Å². The molecule has 0 saturated heterocycles. The second-order valence-electron chi connectivity index (χ2n) is 6.95. The first-order chi connectivity index (χ1) is 14.0. The van der Waals surface area contributed by atoms with Crippen molar-refractivity contribution in [1.82, 2.24) is 9.78 Å². The van der Waals surface area contributed by atoms with Gasteiger partial charge in [0.05, 0.1) is 29.0 Å². The Kier molecular flexibility index (Phi) is 5.51. The normalized spacial score (nSPS) is 15.8. The van der Waals surface area contributed by atoms with Crippen molar-refractivity contribution in [2.75, 3.05) is 29.6 Å². The topological polar surface area (TPSA) is 93.5 Å². The lowest BCUT2D eigenvalue weighted by molar-refractivity contribution is -0.117. The van der Waals surface area contributed by atoms with Gasteiger partial charge in [0.15, 0.2) is 0 Å². The van der Waals surface area contributed by atoms with Gasteiger partial charge in [-0.2, -0.15) is 5.10 Å². The first-order valence-corrected chi connectivity index (χ1v) is 10.5. The Labute approximate surface area is 176 Å². The van der Waals surface area contributed by atoms with Crippen LogP contribution in [-0.2, 0) is 16.1 Å². The first-order valence-electron chi connectivity index (χ1n) is 9.13. The number of amides is 2. The number of carbonyl (C=O) groups is 2. The lowest BCUT2D eigenvalue weighted by atomic mass is 10.3. The minimum absolute atomic E-state index is 0.0819. The maximum Gasteiger partial charge on any atom is 0.292 e. The quantitative estimate of drug-likeness (QED) is 0.750. The van der Waals surface area contributed by atoms with Gasteiger partial charge in [-0.3, -0.25) is 14.4 Å². The number of ether oxygens (including phenoxy) is 1. The van der Waals surface area contributed by atoms with Crippen molar-refractivity contribution < 1.29 is 14.3 Å². The molecule has 1 aromatic heterocycles. The summed E-state index contributed by atoms with van der Waals surface area (Å²) in [5.74, 6) is 0.726. The molecule has 1 N–H and O–H groups in total. The van der Waals surface area contributed by atoms with Crippen LogP contribution in [0.3, 0.4) is 0 Å². The molecule has 10 heteroatoms. The third-order valence-electron chi connectivity index (χ3n) is 4.77. The number of thioether (sulfide) groups is 1. The van der Waals surface area contributed by atoms with Crippen molar-refractivity contribution in [3.8, 4) is 5.75 Å². The fraction of sp³-hybridized carbons (Fsp3) is 0.368. The number of carbonyl (C=O) groups excluding carboxylic acids is 2. The number of methoxy groups -OCH3 is 1. The highest BCUT2D eigenvalue weighted by molar-refractivity contribution is 8.00. The molecule has 2 aliphatic rings. The monoisotopic (exact) mass is 434 g/mol. The van der Waals surface area contributed by atoms with E-state index in [9.17, 15) is 14.4 Å². The average molecular weight is 435 g/mol. The highest BCUT2D eigenvalue weighted by atomic mass is 35.5. The van der Waals surface area contributed by atoms with Gasteiger partial charge >= 0.3 is 0 Å². The maximum atomic E-state index is 13.0. The fourth-order valence-corrected chi connectivity index (χ4v) is 4.25. The van der Waals surface area contributed by atoms with Crippen LogP contribution in [0.1, 0.15) is 12.8 Å². The zero-order valence-corrected chi connectivity index (χ0v) is 17.3. The predicted octanol–water partition coefficient (Wildman–Crippen LogP) is 2.39. The minimum Gasteiger partial charge on any atom is -0.495 e. The molecular formula is C19H19ClN4O4S. The summed E-state index contributed by atoms with van der Waals surface area (Å²) in [5, 5.41) is 7.16. The number of hydrogen-bond donors (Lipinski definition) is 1. The van der Waals surface area contributed by atoms with E-state index in [1.807, 2.05) is 0 Å². The number of nitrogens with zero attached hydrogens (tertiary/aromatic N) is 3. The van der Waals surface area contributed by atoms with Crippen LogP contribution >= 0.6 is 23.4 Å². The van der Waals surface area contributed by atoms with E-state index in [1.54, 1.807) is 29.3 Å². The van der Waals surface area contributed by atoms with Crippen molar-refractivity contribution in [3.05, 3.63) is 39.8 Å². The predicted molar refractivity (Wildman–Crippen MR) is 111 cm³/mol. The van der Waals surface area contributed by atoms with Crippen LogP contribution in [-0.4, -0.2) is 41.0 Å². The molecule has 2 aromatic rings. The number of fused-ring (bicyclic) bond motifs is 1. The van der Waals surface area contributed by atoms with Crippen LogP contribution < -0.4 is 20.5 Å². The number of halogens is 1. The molecule has 29 heavy (non-hydrogen) atoms. The molecule has 2 heterocycles. The van der Waals surface area contributed by atoms with Crippen molar-refractivity contribution in [1.29, 1.82) is 0 Å². The van der Waals surface area contributed by atoms with Gasteiger partial charge in [0.25, 0.3) is 5.56 Å². The second kappa shape index (κ2) is 8.08. The van der Waals surface area contributed by atoms with Gasteiger partial charge in [-0.25, -0.2) is 4.68 Å². The summed E-state index contributed by atoms with van der Waals surface area (Å²) in [7, 11) is 1.50. The van der Waals surface area contributed by atoms with Crippen LogP contribution in [0.5, 0.6) is 5.75 Å². The van der Waals surface area contributed by atoms with Gasteiger partial charge in [-0.1, -0.05) is 11.6 Å². The summed E-state index contributed by atoms with van der Waals surface area (Å²) in [4.78, 5) is 40.0. The average Bonchev–Trinajstić information content (AvgIpc) is 3.50. The minimum atomic E-state index is -0.438. The number of aromatic nitrogens is 2. The summed E-state index contributed by atoms with van der Waals surface area (Å²) in [5.41, 5.74) is 0.368. The molecule has 1 aromatic carbocycles. The molecular weight excluding hydrogens is 416 g/mol. The van der Waals surface area contributed by atoms with Crippen molar-refractivity contribution in [2.45, 2.75) is 24.3 Å². The molecule has 0 unspecified atom stereocenters. The molecule has 0 bridgehead atoms. The summed E-state index contributed by atoms with van der Waals surface area (Å²) < 4.78 is 6.17. The molecule has 0 atom stereocenters. The molecule has 1 fully saturated rings. The largest absolute Gasteiger partial charge is 0.495 e. The van der Waals surface area contributed by atoms with Crippen LogP contribution in [0, 0.1) is 5.92 Å². The third-order valence-corrected chi connectivity index (χ3v) is 6.07. The lowest BCUT2D eigenvalue weighted by Gasteiger charge is -2.28. The van der Waals surface area contributed by atoms with E-state index in [4.69, 9.17) is 16.3 Å². The molecule has 152 valence electrons. The van der Waals surface area contributed by atoms with E-state index in [0.717, 1.165) is 17.5 Å². The molecule has 0 radical (unpaired) electrons. The van der Waals surface area contributed by atoms with Gasteiger partial charge in [-0.15, -0.1) is 11.8 Å². The summed E-state index contributed by atoms with van der Waals surface area (Å²) >= 11 is 7.37. The molecule has 1 aliphatic carbocycles. The zero-order chi connectivity index (χ0) is 20.5. The molecule has 1 saturated carbocycles. The molecule has 2 amide bonds. The highest BCUT2D eigenvalue weighted by Gasteiger charge is 2.34. The van der Waals surface area contributed by atoms with Gasteiger partial charge < -0.3 is 15.0 Å². The van der Waals surface area contributed by atoms with Gasteiger partial charge in [0.1, 0.15) is 18.0 Å². The Morgan fingerprint density at radius 3 is 2.86 bits per heavy atom. The molecule has 0 spiro atoms. The van der Waals surface area contributed by atoms with Crippen LogP contribution in [0.25, 0.3) is 0 Å². The van der Waals surface area contributed by atoms with Crippen LogP contribution in [0.15, 0.2) is 34.1 Å². The summed E-state index contributed by atoms with van der Waals surface area (Å²) in [6.45, 7) is 0.272. The van der Waals surface area contributed by atoms with E-state index in [-0.39, 0.29) is 12.5 Å². The number of nitrogens with one attached hydrogen (secondary N) is 1. The van der Waals surface area contributed by atoms with Gasteiger partial charge in [0, 0.05) is 12.2 Å². The molecule has 4 rings (SSSR count). The SMILES string of the molecule is COc1ccc(NC(=O)Cn2ncc3c(c2=O)N(CC2CC2)C(=O)CS3)cc1Cl. The number of hydrogen-bond acceptors (Lipinski definition) is 6. The maximum absolute atomic E-state index is 13.0. The van der Waals surface area contributed by atoms with Crippen molar-refractivity contribution >= 4 is 46.6 Å². The fourth-order valence-electron chi connectivity index (χ4n) is 3.10. The lowest BCUT2D eigenvalue weighted by Crippen LogP contribution is -2.43. The zero-order valence-electron chi connectivity index (χ0n) is 15.7. The molecule has 1 aliphatic heterocycles. The Hall–Kier alpha value is -2.52. The Morgan fingerprint density at radius 1 is 1.38 bits per heavy atom. The van der Waals surface area contributed by atoms with Gasteiger partial charge in [-0.05, 0) is 37.0 Å². The van der Waals surface area contributed by atoms with E-state index in [2.05, 4.69) is 10.4 Å². The number of anilines is 2. The summed E-state index contributed by atoms with van der Waals surface area (Å²) in [6.07, 6.45) is 3.68. The second-order valence-corrected chi connectivity index (χ2v) is 8.38. The van der Waals surface area contributed by atoms with E-state index in [0.29, 0.717) is 45.3 Å². The highest BCUT2D eigenvalue weighted by Crippen LogP contribution is 2.36. The Bertz CT molecular complexity index is 1040. The third kappa shape index (κ3) is 4.25. The number of rotatable bonds is 6. The Morgan fingerprint density at radius 2 is 2.17 bits per heavy atom. The van der Waals surface area contributed by atoms with Crippen LogP contribution in [0.4, 0.5) is 11.4 Å².